The molecule has 0 spiro atoms. The first-order chi connectivity index (χ1) is 14.4. The monoisotopic (exact) mass is 416 g/mol. The van der Waals surface area contributed by atoms with Crippen LogP contribution in [0.1, 0.15) is 49.3 Å². The van der Waals surface area contributed by atoms with Gasteiger partial charge >= 0.3 is 5.97 Å². The lowest BCUT2D eigenvalue weighted by atomic mass is 9.70. The first-order valence-electron chi connectivity index (χ1n) is 10.3. The number of nitrogens with zero attached hydrogens (tertiary/aromatic N) is 2. The number of nitro groups is 1. The number of rotatable bonds is 8. The minimum absolute atomic E-state index is 0.153. The number of allylic oxidation sites excluding steroid dienone is 2. The van der Waals surface area contributed by atoms with E-state index in [4.69, 9.17) is 9.15 Å². The second-order valence-electron chi connectivity index (χ2n) is 7.90. The molecule has 0 N–H and O–H groups in total. The zero-order chi connectivity index (χ0) is 21.7. The van der Waals surface area contributed by atoms with Crippen molar-refractivity contribution in [1.29, 1.82) is 0 Å². The Morgan fingerprint density at radius 2 is 2.33 bits per heavy atom. The molecule has 1 amide bonds. The fourth-order valence-electron chi connectivity index (χ4n) is 4.61. The third-order valence-corrected chi connectivity index (χ3v) is 6.10. The summed E-state index contributed by atoms with van der Waals surface area (Å²) in [5.74, 6) is -1.47. The van der Waals surface area contributed by atoms with Gasteiger partial charge in [-0.05, 0) is 38.2 Å². The molecule has 0 aromatic carbocycles. The van der Waals surface area contributed by atoms with E-state index in [0.29, 0.717) is 30.7 Å². The van der Waals surface area contributed by atoms with E-state index >= 15 is 0 Å². The predicted octanol–water partition coefficient (Wildman–Crippen LogP) is 3.26. The van der Waals surface area contributed by atoms with Gasteiger partial charge in [0.15, 0.2) is 5.41 Å². The quantitative estimate of drug-likeness (QED) is 0.212. The fraction of sp³-hybridized carbons (Fsp3) is 0.545. The fourth-order valence-corrected chi connectivity index (χ4v) is 4.61. The van der Waals surface area contributed by atoms with Crippen molar-refractivity contribution in [3.05, 3.63) is 58.6 Å². The molecule has 8 heteroatoms. The van der Waals surface area contributed by atoms with Crippen LogP contribution in [-0.2, 0) is 20.7 Å². The summed E-state index contributed by atoms with van der Waals surface area (Å²) in [6.45, 7) is 3.64. The van der Waals surface area contributed by atoms with Crippen molar-refractivity contribution in [1.82, 2.24) is 4.90 Å². The normalized spacial score (nSPS) is 25.7. The summed E-state index contributed by atoms with van der Waals surface area (Å²) in [4.78, 5) is 39.5. The highest BCUT2D eigenvalue weighted by atomic mass is 16.6. The van der Waals surface area contributed by atoms with Crippen molar-refractivity contribution in [3.8, 4) is 0 Å². The number of carbonyl (C=O) groups is 2. The Morgan fingerprint density at radius 1 is 1.53 bits per heavy atom. The van der Waals surface area contributed by atoms with Crippen molar-refractivity contribution in [3.63, 3.8) is 0 Å². The number of fused-ring (bicyclic) bond motifs is 1. The number of methoxy groups -OCH3 is 1. The molecule has 0 bridgehead atoms. The Hall–Kier alpha value is -2.90. The van der Waals surface area contributed by atoms with Crippen molar-refractivity contribution in [2.75, 3.05) is 20.2 Å². The van der Waals surface area contributed by atoms with Crippen LogP contribution in [0.25, 0.3) is 0 Å². The second-order valence-corrected chi connectivity index (χ2v) is 7.90. The van der Waals surface area contributed by atoms with Crippen LogP contribution in [0.5, 0.6) is 0 Å². The molecule has 2 aliphatic heterocycles. The molecule has 3 rings (SSSR count). The lowest BCUT2D eigenvalue weighted by Crippen LogP contribution is -2.47. The van der Waals surface area contributed by atoms with Gasteiger partial charge in [0, 0.05) is 23.5 Å². The van der Waals surface area contributed by atoms with Crippen LogP contribution < -0.4 is 0 Å². The summed E-state index contributed by atoms with van der Waals surface area (Å²) in [7, 11) is 1.22. The highest BCUT2D eigenvalue weighted by Crippen LogP contribution is 2.49. The first-order valence-corrected chi connectivity index (χ1v) is 10.3. The van der Waals surface area contributed by atoms with E-state index in [-0.39, 0.29) is 12.5 Å². The summed E-state index contributed by atoms with van der Waals surface area (Å²) in [6.07, 6.45) is 11.3. The summed E-state index contributed by atoms with van der Waals surface area (Å²) < 4.78 is 10.6. The van der Waals surface area contributed by atoms with E-state index in [1.165, 1.54) is 13.4 Å². The Labute approximate surface area is 175 Å². The molecule has 3 atom stereocenters. The van der Waals surface area contributed by atoms with Gasteiger partial charge in [-0.15, -0.1) is 6.58 Å². The van der Waals surface area contributed by atoms with Crippen molar-refractivity contribution in [2.24, 2.45) is 5.41 Å². The summed E-state index contributed by atoms with van der Waals surface area (Å²) in [5, 5.41) is 11.6. The Bertz CT molecular complexity index is 844. The number of aryl methyl sites for hydroxylation is 1. The molecular formula is C22H28N2O6. The molecule has 0 saturated carbocycles. The molecule has 30 heavy (non-hydrogen) atoms. The van der Waals surface area contributed by atoms with Gasteiger partial charge in [0.25, 0.3) is 0 Å². The van der Waals surface area contributed by atoms with Gasteiger partial charge < -0.3 is 14.1 Å². The molecule has 8 nitrogen and oxygen atoms in total. The van der Waals surface area contributed by atoms with E-state index < -0.39 is 34.7 Å². The molecular weight excluding hydrogens is 388 g/mol. The number of hydrogen-bond donors (Lipinski definition) is 0. The third kappa shape index (κ3) is 4.04. The standard InChI is InChI=1S/C22H28N2O6/c1-3-4-10-18-12-16(15-30-18)19(14-24(27)28)22(21(26)29-2)13-17-9-7-5-6-8-11-23(17)20(22)25/h3,7,9,12,15,17,19H,1,4-6,8,10-11,13-14H2,2H3/b9-7-/t17-,19-,22+/m0/s1. The number of ether oxygens (including phenoxy) is 1. The molecule has 162 valence electrons. The molecule has 0 aliphatic carbocycles. The Morgan fingerprint density at radius 3 is 3.03 bits per heavy atom. The average molecular weight is 416 g/mol. The number of esters is 1. The number of carbonyl (C=O) groups excluding carboxylic acids is 2. The molecule has 2 aliphatic rings. The Balaban J connectivity index is 2.07. The third-order valence-electron chi connectivity index (χ3n) is 6.10. The van der Waals surface area contributed by atoms with Crippen LogP contribution in [-0.4, -0.2) is 47.9 Å². The lowest BCUT2D eigenvalue weighted by molar-refractivity contribution is -0.485. The van der Waals surface area contributed by atoms with Gasteiger partial charge in [-0.25, -0.2) is 0 Å². The van der Waals surface area contributed by atoms with E-state index in [0.717, 1.165) is 19.3 Å². The van der Waals surface area contributed by atoms with Gasteiger partial charge in [0.05, 0.1) is 25.3 Å². The molecule has 1 aromatic rings. The summed E-state index contributed by atoms with van der Waals surface area (Å²) in [5.41, 5.74) is -1.18. The summed E-state index contributed by atoms with van der Waals surface area (Å²) >= 11 is 0. The minimum atomic E-state index is -1.65. The van der Waals surface area contributed by atoms with Gasteiger partial charge in [0.2, 0.25) is 12.5 Å². The van der Waals surface area contributed by atoms with Crippen LogP contribution in [0.3, 0.4) is 0 Å². The molecule has 1 fully saturated rings. The first kappa shape index (κ1) is 21.8. The number of furan rings is 1. The topological polar surface area (TPSA) is 103 Å². The van der Waals surface area contributed by atoms with Crippen LogP contribution in [0.2, 0.25) is 0 Å². The smallest absolute Gasteiger partial charge is 0.322 e. The predicted molar refractivity (Wildman–Crippen MR) is 109 cm³/mol. The molecule has 0 unspecified atom stereocenters. The van der Waals surface area contributed by atoms with E-state index in [1.807, 2.05) is 12.2 Å². The van der Waals surface area contributed by atoms with Gasteiger partial charge in [-0.1, -0.05) is 18.2 Å². The maximum absolute atomic E-state index is 13.6. The van der Waals surface area contributed by atoms with Crippen molar-refractivity contribution in [2.45, 2.75) is 50.5 Å². The molecule has 3 heterocycles. The van der Waals surface area contributed by atoms with Gasteiger partial charge in [0.1, 0.15) is 5.76 Å². The lowest BCUT2D eigenvalue weighted by Gasteiger charge is -2.30. The number of amides is 1. The van der Waals surface area contributed by atoms with Gasteiger partial charge in [-0.2, -0.15) is 0 Å². The van der Waals surface area contributed by atoms with Gasteiger partial charge in [-0.3, -0.25) is 19.7 Å². The zero-order valence-electron chi connectivity index (χ0n) is 17.2. The average Bonchev–Trinajstić information content (AvgIpc) is 3.27. The van der Waals surface area contributed by atoms with Crippen LogP contribution in [0.15, 0.2) is 41.6 Å². The molecule has 0 radical (unpaired) electrons. The maximum atomic E-state index is 13.6. The van der Waals surface area contributed by atoms with Crippen molar-refractivity contribution >= 4 is 11.9 Å². The highest BCUT2D eigenvalue weighted by Gasteiger charge is 2.63. The van der Waals surface area contributed by atoms with E-state index in [9.17, 15) is 19.7 Å². The second kappa shape index (κ2) is 9.28. The zero-order valence-corrected chi connectivity index (χ0v) is 17.2. The molecule has 1 saturated heterocycles. The maximum Gasteiger partial charge on any atom is 0.322 e. The van der Waals surface area contributed by atoms with Crippen LogP contribution in [0.4, 0.5) is 0 Å². The Kier molecular flexibility index (Phi) is 6.74. The van der Waals surface area contributed by atoms with Crippen molar-refractivity contribution < 1.29 is 23.7 Å². The van der Waals surface area contributed by atoms with Crippen LogP contribution in [0, 0.1) is 15.5 Å². The molecule has 1 aromatic heterocycles. The largest absolute Gasteiger partial charge is 0.469 e. The minimum Gasteiger partial charge on any atom is -0.469 e. The summed E-state index contributed by atoms with van der Waals surface area (Å²) in [6, 6.07) is 1.43. The SMILES string of the molecule is C=CCCc1cc([C@H](C[N+](=O)[O-])[C@]2(C(=O)OC)C[C@@H]3/C=C\CCCCN3C2=O)co1. The number of hydrogen-bond acceptors (Lipinski definition) is 6. The van der Waals surface area contributed by atoms with E-state index in [2.05, 4.69) is 6.58 Å². The van der Waals surface area contributed by atoms with E-state index in [1.54, 1.807) is 17.0 Å². The highest BCUT2D eigenvalue weighted by molar-refractivity contribution is 6.05. The van der Waals surface area contributed by atoms with Crippen LogP contribution >= 0.6 is 0 Å².